The molecule has 0 aromatic carbocycles. The molecular weight excluding hydrogens is 927 g/mol. The van der Waals surface area contributed by atoms with Gasteiger partial charge in [-0.2, -0.15) is 0 Å². The van der Waals surface area contributed by atoms with Crippen LogP contribution >= 0.6 is 0 Å². The number of carbonyl (C=O) groups is 2. The van der Waals surface area contributed by atoms with Gasteiger partial charge in [0.15, 0.2) is 0 Å². The van der Waals surface area contributed by atoms with E-state index in [9.17, 15) is 24.9 Å². The third-order valence-corrected chi connectivity index (χ3v) is 15.5. The standard InChI is InChI=1S/C68H129NO6/c1-3-5-7-9-11-13-15-17-33-37-41-45-49-53-57-61-67(73)75-62-58-54-50-46-42-38-35-32-30-28-26-24-22-20-18-19-21-23-25-27-29-31-34-36-40-44-48-52-56-60-66(72)69-64(63-70)68(74)65(71)59-55-51-47-43-39-16-14-12-10-8-6-4-2/h11,13,17,33,50,54,64-65,68,70-71,74H,3-10,12,14-16,18-32,34-49,51-53,55-63H2,1-2H3,(H,69,72)/b13-11-,33-17-,54-50+. The van der Waals surface area contributed by atoms with Gasteiger partial charge < -0.3 is 25.4 Å². The summed E-state index contributed by atoms with van der Waals surface area (Å²) in [4.78, 5) is 24.5. The van der Waals surface area contributed by atoms with E-state index in [4.69, 9.17) is 4.74 Å². The molecule has 1 amide bonds. The molecule has 0 spiro atoms. The summed E-state index contributed by atoms with van der Waals surface area (Å²) in [6.07, 6.45) is 76.5. The first-order valence-corrected chi connectivity index (χ1v) is 33.3. The SMILES string of the molecule is CCCCC/C=C\C/C=C\CCCCCCCC(=O)OCC/C=C/CCCCCCCCCCCCCCCCCCCCCCCCCCCC(=O)NC(CO)C(O)C(O)CCCCCCCCCCCCCC. The van der Waals surface area contributed by atoms with Gasteiger partial charge in [0, 0.05) is 12.8 Å². The Hall–Kier alpha value is -1.96. The molecule has 442 valence electrons. The Balaban J connectivity index is 3.40. The molecule has 0 radical (unpaired) electrons. The van der Waals surface area contributed by atoms with Crippen molar-refractivity contribution in [3.05, 3.63) is 36.5 Å². The number of unbranched alkanes of at least 4 members (excludes halogenated alkanes) is 44. The van der Waals surface area contributed by atoms with E-state index in [1.165, 1.54) is 250 Å². The fourth-order valence-corrected chi connectivity index (χ4v) is 10.4. The number of hydrogen-bond acceptors (Lipinski definition) is 6. The highest BCUT2D eigenvalue weighted by Gasteiger charge is 2.26. The zero-order valence-electron chi connectivity index (χ0n) is 50.2. The van der Waals surface area contributed by atoms with Gasteiger partial charge in [-0.3, -0.25) is 9.59 Å². The lowest BCUT2D eigenvalue weighted by Gasteiger charge is -2.26. The summed E-state index contributed by atoms with van der Waals surface area (Å²) >= 11 is 0. The number of carbonyl (C=O) groups excluding carboxylic acids is 2. The van der Waals surface area contributed by atoms with Crippen molar-refractivity contribution in [2.75, 3.05) is 13.2 Å². The van der Waals surface area contributed by atoms with Crippen LogP contribution in [0.5, 0.6) is 0 Å². The second-order valence-corrected chi connectivity index (χ2v) is 22.9. The maximum Gasteiger partial charge on any atom is 0.305 e. The first kappa shape index (κ1) is 73.0. The average Bonchev–Trinajstić information content (AvgIpc) is 3.41. The van der Waals surface area contributed by atoms with Crippen LogP contribution < -0.4 is 5.32 Å². The zero-order valence-corrected chi connectivity index (χ0v) is 50.2. The molecule has 7 heteroatoms. The van der Waals surface area contributed by atoms with Gasteiger partial charge in [-0.05, 0) is 70.6 Å². The van der Waals surface area contributed by atoms with E-state index in [-0.39, 0.29) is 18.5 Å². The Kier molecular flexibility index (Phi) is 61.2. The number of esters is 1. The van der Waals surface area contributed by atoms with Crippen LogP contribution in [0.3, 0.4) is 0 Å². The predicted molar refractivity (Wildman–Crippen MR) is 325 cm³/mol. The fraction of sp³-hybridized carbons (Fsp3) is 0.882. The highest BCUT2D eigenvalue weighted by molar-refractivity contribution is 5.76. The minimum Gasteiger partial charge on any atom is -0.465 e. The molecule has 3 unspecified atom stereocenters. The normalized spacial score (nSPS) is 13.2. The molecule has 4 N–H and O–H groups in total. The van der Waals surface area contributed by atoms with E-state index in [1.807, 2.05) is 0 Å². The average molecular weight is 1060 g/mol. The number of aliphatic hydroxyl groups excluding tert-OH is 3. The number of rotatable bonds is 62. The molecule has 0 saturated heterocycles. The molecule has 0 aliphatic heterocycles. The topological polar surface area (TPSA) is 116 Å². The monoisotopic (exact) mass is 1060 g/mol. The molecule has 7 nitrogen and oxygen atoms in total. The largest absolute Gasteiger partial charge is 0.465 e. The van der Waals surface area contributed by atoms with E-state index in [1.54, 1.807) is 0 Å². The minimum atomic E-state index is -1.14. The number of amides is 1. The van der Waals surface area contributed by atoms with Crippen molar-refractivity contribution in [3.63, 3.8) is 0 Å². The predicted octanol–water partition coefficient (Wildman–Crippen LogP) is 20.1. The molecule has 0 saturated carbocycles. The summed E-state index contributed by atoms with van der Waals surface area (Å²) in [5, 5.41) is 33.7. The van der Waals surface area contributed by atoms with Crippen LogP contribution in [0.1, 0.15) is 354 Å². The van der Waals surface area contributed by atoms with Crippen LogP contribution in [0.2, 0.25) is 0 Å². The lowest BCUT2D eigenvalue weighted by Crippen LogP contribution is -2.50. The first-order valence-electron chi connectivity index (χ1n) is 33.3. The highest BCUT2D eigenvalue weighted by atomic mass is 16.5. The second kappa shape index (κ2) is 62.9. The molecule has 0 rings (SSSR count). The fourth-order valence-electron chi connectivity index (χ4n) is 10.4. The molecule has 0 bridgehead atoms. The Morgan fingerprint density at radius 3 is 1.09 bits per heavy atom. The van der Waals surface area contributed by atoms with Crippen molar-refractivity contribution in [1.82, 2.24) is 5.32 Å². The zero-order chi connectivity index (χ0) is 54.4. The van der Waals surface area contributed by atoms with Gasteiger partial charge in [0.25, 0.3) is 0 Å². The quantitative estimate of drug-likeness (QED) is 0.0274. The molecule has 0 aromatic heterocycles. The van der Waals surface area contributed by atoms with Gasteiger partial charge in [-0.15, -0.1) is 0 Å². The van der Waals surface area contributed by atoms with Crippen LogP contribution in [-0.2, 0) is 14.3 Å². The first-order chi connectivity index (χ1) is 37.0. The Morgan fingerprint density at radius 1 is 0.387 bits per heavy atom. The van der Waals surface area contributed by atoms with E-state index >= 15 is 0 Å². The van der Waals surface area contributed by atoms with E-state index in [0.29, 0.717) is 25.9 Å². The van der Waals surface area contributed by atoms with E-state index in [0.717, 1.165) is 70.6 Å². The van der Waals surface area contributed by atoms with Crippen molar-refractivity contribution in [2.45, 2.75) is 372 Å². The summed E-state index contributed by atoms with van der Waals surface area (Å²) in [7, 11) is 0. The maximum absolute atomic E-state index is 12.5. The number of ether oxygens (including phenoxy) is 1. The van der Waals surface area contributed by atoms with Gasteiger partial charge >= 0.3 is 5.97 Å². The number of hydrogen-bond donors (Lipinski definition) is 4. The summed E-state index contributed by atoms with van der Waals surface area (Å²) in [5.74, 6) is -0.175. The second-order valence-electron chi connectivity index (χ2n) is 22.9. The van der Waals surface area contributed by atoms with Crippen LogP contribution in [0.4, 0.5) is 0 Å². The van der Waals surface area contributed by atoms with Gasteiger partial charge in [-0.1, -0.05) is 307 Å². The van der Waals surface area contributed by atoms with Crippen molar-refractivity contribution in [2.24, 2.45) is 0 Å². The number of allylic oxidation sites excluding steroid dienone is 5. The van der Waals surface area contributed by atoms with Crippen LogP contribution in [-0.4, -0.2) is 58.7 Å². The summed E-state index contributed by atoms with van der Waals surface area (Å²) in [6.45, 7) is 4.67. The molecule has 3 atom stereocenters. The van der Waals surface area contributed by atoms with Crippen LogP contribution in [0.15, 0.2) is 36.5 Å². The molecule has 0 heterocycles. The number of aliphatic hydroxyl groups is 3. The summed E-state index contributed by atoms with van der Waals surface area (Å²) in [5.41, 5.74) is 0. The minimum absolute atomic E-state index is 0.0308. The molecular formula is C68H129NO6. The van der Waals surface area contributed by atoms with Crippen molar-refractivity contribution in [3.8, 4) is 0 Å². The Morgan fingerprint density at radius 2 is 0.693 bits per heavy atom. The number of nitrogens with one attached hydrogen (secondary N) is 1. The Labute approximate surface area is 466 Å². The third kappa shape index (κ3) is 58.0. The highest BCUT2D eigenvalue weighted by Crippen LogP contribution is 2.19. The lowest BCUT2D eigenvalue weighted by molar-refractivity contribution is -0.143. The van der Waals surface area contributed by atoms with Crippen molar-refractivity contribution in [1.29, 1.82) is 0 Å². The lowest BCUT2D eigenvalue weighted by atomic mass is 9.99. The van der Waals surface area contributed by atoms with Crippen molar-refractivity contribution < 1.29 is 29.6 Å². The van der Waals surface area contributed by atoms with Crippen LogP contribution in [0, 0.1) is 0 Å². The molecule has 0 aromatic rings. The summed E-state index contributed by atoms with van der Waals surface area (Å²) < 4.78 is 5.43. The van der Waals surface area contributed by atoms with Crippen molar-refractivity contribution >= 4 is 11.9 Å². The van der Waals surface area contributed by atoms with Gasteiger partial charge in [0.05, 0.1) is 25.4 Å². The third-order valence-electron chi connectivity index (χ3n) is 15.5. The molecule has 0 fully saturated rings. The Bertz CT molecular complexity index is 1230. The smallest absolute Gasteiger partial charge is 0.305 e. The molecule has 75 heavy (non-hydrogen) atoms. The van der Waals surface area contributed by atoms with Gasteiger partial charge in [-0.25, -0.2) is 0 Å². The molecule has 0 aliphatic carbocycles. The maximum atomic E-state index is 12.5. The van der Waals surface area contributed by atoms with E-state index < -0.39 is 18.2 Å². The van der Waals surface area contributed by atoms with E-state index in [2.05, 4.69) is 55.6 Å². The van der Waals surface area contributed by atoms with Gasteiger partial charge in [0.2, 0.25) is 5.91 Å². The van der Waals surface area contributed by atoms with Crippen LogP contribution in [0.25, 0.3) is 0 Å². The molecule has 0 aliphatic rings. The van der Waals surface area contributed by atoms with Gasteiger partial charge in [0.1, 0.15) is 6.10 Å². The summed E-state index contributed by atoms with van der Waals surface area (Å²) in [6, 6.07) is -0.812.